The summed E-state index contributed by atoms with van der Waals surface area (Å²) in [5.41, 5.74) is 1.57. The lowest BCUT2D eigenvalue weighted by molar-refractivity contribution is -0.148. The summed E-state index contributed by atoms with van der Waals surface area (Å²) in [6, 6.07) is 5.66. The molecule has 1 heterocycles. The molecule has 0 radical (unpaired) electrons. The first-order chi connectivity index (χ1) is 8.13. The van der Waals surface area contributed by atoms with E-state index in [4.69, 9.17) is 4.42 Å². The second kappa shape index (κ2) is 3.32. The van der Waals surface area contributed by atoms with E-state index in [9.17, 15) is 9.90 Å². The molecule has 0 amide bonds. The van der Waals surface area contributed by atoms with Crippen molar-refractivity contribution < 1.29 is 14.3 Å². The predicted octanol–water partition coefficient (Wildman–Crippen LogP) is 2.64. The molecule has 88 valence electrons. The Hall–Kier alpha value is -1.84. The molecule has 0 unspecified atom stereocenters. The maximum absolute atomic E-state index is 11.4. The average molecular weight is 231 g/mol. The van der Waals surface area contributed by atoms with Gasteiger partial charge in [0.25, 0.3) is 0 Å². The smallest absolute Gasteiger partial charge is 0.319 e. The normalized spacial score (nSPS) is 17.9. The van der Waals surface area contributed by atoms with E-state index in [1.54, 1.807) is 0 Å². The summed E-state index contributed by atoms with van der Waals surface area (Å²) < 4.78 is 5.63. The standard InChI is InChI=1S/C13H13NO3/c1-8-4-2-5-9-10(8)14-11(17-9)13(12(15)16)6-3-7-13/h2,4-5H,3,6-7H2,1H3,(H,15,16). The molecule has 1 aromatic carbocycles. The van der Waals surface area contributed by atoms with Crippen molar-refractivity contribution in [3.05, 3.63) is 29.7 Å². The molecule has 1 saturated carbocycles. The van der Waals surface area contributed by atoms with E-state index >= 15 is 0 Å². The Kier molecular flexibility index (Phi) is 2.02. The molecule has 0 atom stereocenters. The zero-order chi connectivity index (χ0) is 12.0. The maximum atomic E-state index is 11.4. The Balaban J connectivity index is 2.18. The number of aryl methyl sites for hydroxylation is 1. The summed E-state index contributed by atoms with van der Waals surface area (Å²) in [7, 11) is 0. The number of hydrogen-bond donors (Lipinski definition) is 1. The Labute approximate surface area is 98.3 Å². The van der Waals surface area contributed by atoms with E-state index in [1.807, 2.05) is 25.1 Å². The minimum atomic E-state index is -0.883. The lowest BCUT2D eigenvalue weighted by atomic mass is 9.68. The van der Waals surface area contributed by atoms with Crippen LogP contribution in [0.25, 0.3) is 11.1 Å². The van der Waals surface area contributed by atoms with Crippen molar-refractivity contribution in [2.45, 2.75) is 31.6 Å². The number of carboxylic acids is 1. The number of oxazole rings is 1. The SMILES string of the molecule is Cc1cccc2oc(C3(C(=O)O)CCC3)nc12. The summed E-state index contributed by atoms with van der Waals surface area (Å²) in [6.45, 7) is 1.95. The van der Waals surface area contributed by atoms with E-state index in [0.717, 1.165) is 17.5 Å². The number of carboxylic acid groups (broad SMARTS) is 1. The molecule has 0 aliphatic heterocycles. The highest BCUT2D eigenvalue weighted by molar-refractivity contribution is 5.83. The first-order valence-corrected chi connectivity index (χ1v) is 5.73. The highest BCUT2D eigenvalue weighted by Crippen LogP contribution is 2.44. The number of benzene rings is 1. The highest BCUT2D eigenvalue weighted by Gasteiger charge is 2.50. The predicted molar refractivity (Wildman–Crippen MR) is 61.9 cm³/mol. The molecule has 1 aliphatic rings. The quantitative estimate of drug-likeness (QED) is 0.862. The second-order valence-corrected chi connectivity index (χ2v) is 4.68. The molecule has 0 saturated heterocycles. The van der Waals surface area contributed by atoms with Crippen molar-refractivity contribution in [1.82, 2.24) is 4.98 Å². The molecular formula is C13H13NO3. The van der Waals surface area contributed by atoms with E-state index in [1.165, 1.54) is 0 Å². The van der Waals surface area contributed by atoms with E-state index < -0.39 is 11.4 Å². The van der Waals surface area contributed by atoms with E-state index in [-0.39, 0.29) is 0 Å². The summed E-state index contributed by atoms with van der Waals surface area (Å²) >= 11 is 0. The molecule has 17 heavy (non-hydrogen) atoms. The Morgan fingerprint density at radius 3 is 2.76 bits per heavy atom. The summed E-state index contributed by atoms with van der Waals surface area (Å²) in [5.74, 6) is -0.464. The number of nitrogens with zero attached hydrogens (tertiary/aromatic N) is 1. The van der Waals surface area contributed by atoms with Crippen LogP contribution in [0, 0.1) is 6.92 Å². The number of fused-ring (bicyclic) bond motifs is 1. The Bertz CT molecular complexity index is 596. The van der Waals surface area contributed by atoms with Gasteiger partial charge in [0.15, 0.2) is 5.58 Å². The maximum Gasteiger partial charge on any atom is 0.319 e. The van der Waals surface area contributed by atoms with Crippen molar-refractivity contribution in [3.63, 3.8) is 0 Å². The Morgan fingerprint density at radius 2 is 2.24 bits per heavy atom. The number of aliphatic carboxylic acids is 1. The molecule has 1 fully saturated rings. The molecule has 3 rings (SSSR count). The first kappa shape index (κ1) is 10.3. The number of carbonyl (C=O) groups is 1. The summed E-state index contributed by atoms with van der Waals surface area (Å²) in [6.07, 6.45) is 2.16. The molecule has 1 N–H and O–H groups in total. The molecular weight excluding hydrogens is 218 g/mol. The number of aromatic nitrogens is 1. The van der Waals surface area contributed by atoms with Gasteiger partial charge in [-0.15, -0.1) is 0 Å². The topological polar surface area (TPSA) is 63.3 Å². The van der Waals surface area contributed by atoms with Gasteiger partial charge < -0.3 is 9.52 Å². The van der Waals surface area contributed by atoms with Crippen LogP contribution in [0.1, 0.15) is 30.7 Å². The first-order valence-electron chi connectivity index (χ1n) is 5.73. The number of rotatable bonds is 2. The van der Waals surface area contributed by atoms with Gasteiger partial charge in [-0.1, -0.05) is 18.6 Å². The largest absolute Gasteiger partial charge is 0.480 e. The zero-order valence-corrected chi connectivity index (χ0v) is 9.56. The van der Waals surface area contributed by atoms with Crippen LogP contribution in [0.15, 0.2) is 22.6 Å². The lowest BCUT2D eigenvalue weighted by Crippen LogP contribution is -2.42. The van der Waals surface area contributed by atoms with Crippen molar-refractivity contribution in [3.8, 4) is 0 Å². The summed E-state index contributed by atoms with van der Waals surface area (Å²) in [5, 5.41) is 9.33. The fraction of sp³-hybridized carbons (Fsp3) is 0.385. The number of para-hydroxylation sites is 1. The molecule has 0 bridgehead atoms. The van der Waals surface area contributed by atoms with Gasteiger partial charge in [0, 0.05) is 0 Å². The molecule has 2 aromatic rings. The molecule has 0 spiro atoms. The third kappa shape index (κ3) is 1.30. The Morgan fingerprint density at radius 1 is 1.47 bits per heavy atom. The highest BCUT2D eigenvalue weighted by atomic mass is 16.4. The van der Waals surface area contributed by atoms with Crippen molar-refractivity contribution >= 4 is 17.1 Å². The van der Waals surface area contributed by atoms with Gasteiger partial charge in [0.2, 0.25) is 5.89 Å². The third-order valence-electron chi connectivity index (χ3n) is 3.65. The second-order valence-electron chi connectivity index (χ2n) is 4.68. The number of hydrogen-bond acceptors (Lipinski definition) is 3. The van der Waals surface area contributed by atoms with Crippen LogP contribution in [-0.2, 0) is 10.2 Å². The van der Waals surface area contributed by atoms with Gasteiger partial charge in [-0.05, 0) is 31.4 Å². The lowest BCUT2D eigenvalue weighted by Gasteiger charge is -2.34. The molecule has 4 nitrogen and oxygen atoms in total. The third-order valence-corrected chi connectivity index (χ3v) is 3.65. The van der Waals surface area contributed by atoms with Crippen LogP contribution < -0.4 is 0 Å². The molecule has 1 aliphatic carbocycles. The monoisotopic (exact) mass is 231 g/mol. The van der Waals surface area contributed by atoms with Crippen LogP contribution in [0.5, 0.6) is 0 Å². The van der Waals surface area contributed by atoms with Crippen LogP contribution in [0.4, 0.5) is 0 Å². The van der Waals surface area contributed by atoms with Crippen molar-refractivity contribution in [2.24, 2.45) is 0 Å². The van der Waals surface area contributed by atoms with Crippen LogP contribution in [0.3, 0.4) is 0 Å². The van der Waals surface area contributed by atoms with Gasteiger partial charge in [0.05, 0.1) is 0 Å². The van der Waals surface area contributed by atoms with Gasteiger partial charge in [-0.2, -0.15) is 0 Å². The van der Waals surface area contributed by atoms with Crippen LogP contribution in [0.2, 0.25) is 0 Å². The minimum Gasteiger partial charge on any atom is -0.480 e. The molecule has 4 heteroatoms. The van der Waals surface area contributed by atoms with E-state index in [2.05, 4.69) is 4.98 Å². The van der Waals surface area contributed by atoms with Crippen LogP contribution in [-0.4, -0.2) is 16.1 Å². The van der Waals surface area contributed by atoms with E-state index in [0.29, 0.717) is 24.3 Å². The van der Waals surface area contributed by atoms with Gasteiger partial charge in [-0.3, -0.25) is 4.79 Å². The van der Waals surface area contributed by atoms with Crippen LogP contribution >= 0.6 is 0 Å². The van der Waals surface area contributed by atoms with Gasteiger partial charge in [-0.25, -0.2) is 4.98 Å². The summed E-state index contributed by atoms with van der Waals surface area (Å²) in [4.78, 5) is 15.7. The fourth-order valence-electron chi connectivity index (χ4n) is 2.34. The fourth-order valence-corrected chi connectivity index (χ4v) is 2.34. The minimum absolute atomic E-state index is 0.362. The molecule has 1 aromatic heterocycles. The van der Waals surface area contributed by atoms with Gasteiger partial charge in [0.1, 0.15) is 10.9 Å². The van der Waals surface area contributed by atoms with Crippen molar-refractivity contribution in [1.29, 1.82) is 0 Å². The zero-order valence-electron chi connectivity index (χ0n) is 9.56. The van der Waals surface area contributed by atoms with Crippen molar-refractivity contribution in [2.75, 3.05) is 0 Å². The van der Waals surface area contributed by atoms with Gasteiger partial charge >= 0.3 is 5.97 Å². The average Bonchev–Trinajstić information content (AvgIpc) is 2.60.